The van der Waals surface area contributed by atoms with Crippen molar-refractivity contribution in [2.24, 2.45) is 0 Å². The summed E-state index contributed by atoms with van der Waals surface area (Å²) in [6.07, 6.45) is 0. The van der Waals surface area contributed by atoms with Crippen LogP contribution in [0.3, 0.4) is 0 Å². The van der Waals surface area contributed by atoms with Gasteiger partial charge in [0, 0.05) is 38.8 Å². The van der Waals surface area contributed by atoms with Crippen LogP contribution in [-0.2, 0) is 20.8 Å². The first kappa shape index (κ1) is 18.3. The number of benzene rings is 1. The SMILES string of the molecule is COCCOCOCC1CN(Cc2ccccc2)C(CO)CN1. The zero-order valence-corrected chi connectivity index (χ0v) is 13.8. The van der Waals surface area contributed by atoms with E-state index >= 15 is 0 Å². The quantitative estimate of drug-likeness (QED) is 0.482. The Kier molecular flexibility index (Phi) is 8.52. The molecular formula is C17H28N2O4. The van der Waals surface area contributed by atoms with Crippen LogP contribution >= 0.6 is 0 Å². The van der Waals surface area contributed by atoms with Crippen molar-refractivity contribution in [3.63, 3.8) is 0 Å². The minimum atomic E-state index is 0.143. The number of aliphatic hydroxyl groups is 1. The minimum absolute atomic E-state index is 0.143. The van der Waals surface area contributed by atoms with Crippen molar-refractivity contribution >= 4 is 0 Å². The van der Waals surface area contributed by atoms with E-state index in [0.29, 0.717) is 19.8 Å². The average molecular weight is 324 g/mol. The second kappa shape index (κ2) is 10.7. The van der Waals surface area contributed by atoms with E-state index in [1.165, 1.54) is 5.56 Å². The molecule has 2 N–H and O–H groups in total. The summed E-state index contributed by atoms with van der Waals surface area (Å²) in [5.41, 5.74) is 1.26. The molecule has 0 aliphatic carbocycles. The van der Waals surface area contributed by atoms with Crippen LogP contribution < -0.4 is 5.32 Å². The van der Waals surface area contributed by atoms with E-state index in [-0.39, 0.29) is 25.5 Å². The second-order valence-corrected chi connectivity index (χ2v) is 5.75. The number of piperazine rings is 1. The molecule has 6 nitrogen and oxygen atoms in total. The summed E-state index contributed by atoms with van der Waals surface area (Å²) in [6, 6.07) is 10.7. The number of rotatable bonds is 10. The van der Waals surface area contributed by atoms with E-state index in [4.69, 9.17) is 14.2 Å². The van der Waals surface area contributed by atoms with Gasteiger partial charge in [-0.3, -0.25) is 4.90 Å². The third-order valence-corrected chi connectivity index (χ3v) is 3.97. The number of aliphatic hydroxyl groups excluding tert-OH is 1. The fourth-order valence-corrected chi connectivity index (χ4v) is 2.68. The van der Waals surface area contributed by atoms with Gasteiger partial charge >= 0.3 is 0 Å². The van der Waals surface area contributed by atoms with Crippen LogP contribution in [0.25, 0.3) is 0 Å². The first-order chi connectivity index (χ1) is 11.3. The summed E-state index contributed by atoms with van der Waals surface area (Å²) in [7, 11) is 1.65. The van der Waals surface area contributed by atoms with Crippen molar-refractivity contribution in [2.75, 3.05) is 53.4 Å². The van der Waals surface area contributed by atoms with E-state index < -0.39 is 0 Å². The predicted octanol–water partition coefficient (Wildman–Crippen LogP) is 0.458. The van der Waals surface area contributed by atoms with Gasteiger partial charge in [0.15, 0.2) is 0 Å². The molecule has 0 aromatic heterocycles. The lowest BCUT2D eigenvalue weighted by Gasteiger charge is -2.39. The lowest BCUT2D eigenvalue weighted by Crippen LogP contribution is -2.58. The standard InChI is InChI=1S/C17H28N2O4/c1-21-7-8-22-14-23-13-16-11-19(17(12-20)9-18-16)10-15-5-3-2-4-6-15/h2-6,16-18,20H,7-14H2,1H3. The van der Waals surface area contributed by atoms with Gasteiger partial charge in [0.2, 0.25) is 0 Å². The maximum atomic E-state index is 9.58. The Hall–Kier alpha value is -1.02. The molecule has 0 spiro atoms. The van der Waals surface area contributed by atoms with Gasteiger partial charge in [0.25, 0.3) is 0 Å². The van der Waals surface area contributed by atoms with Gasteiger partial charge in [0.1, 0.15) is 6.79 Å². The Bertz CT molecular complexity index is 418. The van der Waals surface area contributed by atoms with Crippen LogP contribution in [0.5, 0.6) is 0 Å². The molecule has 1 fully saturated rings. The normalized spacial score (nSPS) is 22.3. The average Bonchev–Trinajstić information content (AvgIpc) is 2.59. The maximum Gasteiger partial charge on any atom is 0.146 e. The molecule has 1 aliphatic heterocycles. The fraction of sp³-hybridized carbons (Fsp3) is 0.647. The van der Waals surface area contributed by atoms with Crippen molar-refractivity contribution in [1.29, 1.82) is 0 Å². The predicted molar refractivity (Wildman–Crippen MR) is 88.2 cm³/mol. The largest absolute Gasteiger partial charge is 0.395 e. The summed E-state index contributed by atoms with van der Waals surface area (Å²) < 4.78 is 15.8. The highest BCUT2D eigenvalue weighted by molar-refractivity contribution is 5.14. The van der Waals surface area contributed by atoms with Crippen molar-refractivity contribution in [3.05, 3.63) is 35.9 Å². The number of nitrogens with zero attached hydrogens (tertiary/aromatic N) is 1. The molecular weight excluding hydrogens is 296 g/mol. The molecule has 0 amide bonds. The van der Waals surface area contributed by atoms with E-state index in [0.717, 1.165) is 19.6 Å². The minimum Gasteiger partial charge on any atom is -0.395 e. The number of hydrogen-bond acceptors (Lipinski definition) is 6. The summed E-state index contributed by atoms with van der Waals surface area (Å²) in [4.78, 5) is 2.31. The molecule has 2 rings (SSSR count). The summed E-state index contributed by atoms with van der Waals surface area (Å²) in [5.74, 6) is 0. The third-order valence-electron chi connectivity index (χ3n) is 3.97. The Morgan fingerprint density at radius 2 is 2.04 bits per heavy atom. The monoisotopic (exact) mass is 324 g/mol. The van der Waals surface area contributed by atoms with E-state index in [9.17, 15) is 5.11 Å². The molecule has 6 heteroatoms. The first-order valence-electron chi connectivity index (χ1n) is 8.10. The van der Waals surface area contributed by atoms with Gasteiger partial charge in [-0.25, -0.2) is 0 Å². The van der Waals surface area contributed by atoms with Crippen LogP contribution in [0.1, 0.15) is 5.56 Å². The Morgan fingerprint density at radius 3 is 2.78 bits per heavy atom. The van der Waals surface area contributed by atoms with Crippen molar-refractivity contribution in [3.8, 4) is 0 Å². The Morgan fingerprint density at radius 1 is 1.22 bits per heavy atom. The fourth-order valence-electron chi connectivity index (χ4n) is 2.68. The molecule has 130 valence electrons. The first-order valence-corrected chi connectivity index (χ1v) is 8.10. The molecule has 1 heterocycles. The van der Waals surface area contributed by atoms with Crippen molar-refractivity contribution in [2.45, 2.75) is 18.6 Å². The van der Waals surface area contributed by atoms with Crippen LogP contribution in [0.4, 0.5) is 0 Å². The van der Waals surface area contributed by atoms with Crippen molar-refractivity contribution in [1.82, 2.24) is 10.2 Å². The molecule has 1 aromatic rings. The summed E-state index contributed by atoms with van der Waals surface area (Å²) in [6.45, 7) is 4.61. The molecule has 1 aromatic carbocycles. The third kappa shape index (κ3) is 6.55. The van der Waals surface area contributed by atoms with Crippen LogP contribution in [0.15, 0.2) is 30.3 Å². The van der Waals surface area contributed by atoms with E-state index in [1.54, 1.807) is 7.11 Å². The molecule has 0 saturated carbocycles. The molecule has 1 aliphatic rings. The smallest absolute Gasteiger partial charge is 0.146 e. The van der Waals surface area contributed by atoms with Crippen LogP contribution in [-0.4, -0.2) is 75.5 Å². The zero-order chi connectivity index (χ0) is 16.3. The lowest BCUT2D eigenvalue weighted by molar-refractivity contribution is -0.0768. The van der Waals surface area contributed by atoms with Gasteiger partial charge in [-0.2, -0.15) is 0 Å². The highest BCUT2D eigenvalue weighted by atomic mass is 16.7. The number of ether oxygens (including phenoxy) is 3. The van der Waals surface area contributed by atoms with E-state index in [2.05, 4.69) is 22.3 Å². The topological polar surface area (TPSA) is 63.2 Å². The van der Waals surface area contributed by atoms with Gasteiger partial charge in [0.05, 0.1) is 26.4 Å². The highest BCUT2D eigenvalue weighted by Gasteiger charge is 2.27. The molecule has 2 atom stereocenters. The molecule has 1 saturated heterocycles. The number of hydrogen-bond donors (Lipinski definition) is 2. The van der Waals surface area contributed by atoms with Crippen LogP contribution in [0.2, 0.25) is 0 Å². The van der Waals surface area contributed by atoms with Gasteiger partial charge < -0.3 is 24.6 Å². The number of nitrogens with one attached hydrogen (secondary N) is 1. The summed E-state index contributed by atoms with van der Waals surface area (Å²) >= 11 is 0. The molecule has 0 radical (unpaired) electrons. The Labute approximate surface area is 138 Å². The van der Waals surface area contributed by atoms with Gasteiger partial charge in [-0.15, -0.1) is 0 Å². The zero-order valence-electron chi connectivity index (χ0n) is 13.8. The number of methoxy groups -OCH3 is 1. The molecule has 23 heavy (non-hydrogen) atoms. The van der Waals surface area contributed by atoms with Crippen molar-refractivity contribution < 1.29 is 19.3 Å². The second-order valence-electron chi connectivity index (χ2n) is 5.75. The molecule has 2 unspecified atom stereocenters. The maximum absolute atomic E-state index is 9.58. The van der Waals surface area contributed by atoms with E-state index in [1.807, 2.05) is 18.2 Å². The van der Waals surface area contributed by atoms with Gasteiger partial charge in [-0.1, -0.05) is 30.3 Å². The molecule has 0 bridgehead atoms. The lowest BCUT2D eigenvalue weighted by atomic mass is 10.1. The Balaban J connectivity index is 1.74. The highest BCUT2D eigenvalue weighted by Crippen LogP contribution is 2.12. The summed E-state index contributed by atoms with van der Waals surface area (Å²) in [5, 5.41) is 13.0. The van der Waals surface area contributed by atoms with Crippen LogP contribution in [0, 0.1) is 0 Å². The van der Waals surface area contributed by atoms with Gasteiger partial charge in [-0.05, 0) is 5.56 Å².